The molecule has 1 heterocycles. The number of rotatable bonds is 3. The van der Waals surface area contributed by atoms with Crippen molar-refractivity contribution < 1.29 is 0 Å². The second-order valence-corrected chi connectivity index (χ2v) is 4.28. The summed E-state index contributed by atoms with van der Waals surface area (Å²) in [4.78, 5) is 1.30. The lowest BCUT2D eigenvalue weighted by Gasteiger charge is -1.90. The van der Waals surface area contributed by atoms with Crippen LogP contribution in [-0.2, 0) is 6.42 Å². The number of nitrogen functional groups attached to an aromatic ring is 1. The van der Waals surface area contributed by atoms with E-state index < -0.39 is 0 Å². The van der Waals surface area contributed by atoms with Crippen molar-refractivity contribution >= 4 is 28.6 Å². The van der Waals surface area contributed by atoms with Gasteiger partial charge in [-0.1, -0.05) is 24.9 Å². The molecule has 0 saturated heterocycles. The first-order valence-electron chi connectivity index (χ1n) is 3.77. The van der Waals surface area contributed by atoms with Crippen molar-refractivity contribution in [3.63, 3.8) is 0 Å². The minimum absolute atomic E-state index is 0.725. The van der Waals surface area contributed by atoms with Gasteiger partial charge in [-0.2, -0.15) is 0 Å². The molecule has 0 aliphatic carbocycles. The van der Waals surface area contributed by atoms with Crippen LogP contribution in [0.2, 0.25) is 4.34 Å². The maximum atomic E-state index is 5.80. The number of thiophene rings is 1. The van der Waals surface area contributed by atoms with E-state index in [2.05, 4.69) is 6.92 Å². The molecular weight excluding hydrogens is 178 g/mol. The first-order chi connectivity index (χ1) is 5.24. The zero-order valence-corrected chi connectivity index (χ0v) is 8.13. The van der Waals surface area contributed by atoms with Gasteiger partial charge >= 0.3 is 0 Å². The van der Waals surface area contributed by atoms with E-state index in [1.54, 1.807) is 11.3 Å². The topological polar surface area (TPSA) is 26.0 Å². The molecule has 0 radical (unpaired) electrons. The van der Waals surface area contributed by atoms with E-state index in [0.29, 0.717) is 0 Å². The van der Waals surface area contributed by atoms with Crippen LogP contribution in [0, 0.1) is 0 Å². The molecule has 0 aliphatic heterocycles. The van der Waals surface area contributed by atoms with E-state index in [1.807, 2.05) is 6.07 Å². The van der Waals surface area contributed by atoms with E-state index in [4.69, 9.17) is 17.3 Å². The molecule has 0 amide bonds. The van der Waals surface area contributed by atoms with Crippen molar-refractivity contribution in [2.75, 3.05) is 5.73 Å². The Labute approximate surface area is 76.2 Å². The molecule has 1 rings (SSSR count). The monoisotopic (exact) mass is 189 g/mol. The molecule has 0 aliphatic rings. The van der Waals surface area contributed by atoms with Crippen LogP contribution in [0.1, 0.15) is 24.6 Å². The summed E-state index contributed by atoms with van der Waals surface area (Å²) in [5.74, 6) is 0. The van der Waals surface area contributed by atoms with E-state index >= 15 is 0 Å². The maximum Gasteiger partial charge on any atom is 0.116 e. The van der Waals surface area contributed by atoms with Gasteiger partial charge in [0.15, 0.2) is 0 Å². The summed E-state index contributed by atoms with van der Waals surface area (Å²) in [6.45, 7) is 2.18. The van der Waals surface area contributed by atoms with Gasteiger partial charge in [-0.25, -0.2) is 0 Å². The molecule has 0 unspecified atom stereocenters. The Balaban J connectivity index is 2.58. The number of nitrogens with two attached hydrogens (primary N) is 1. The van der Waals surface area contributed by atoms with Crippen molar-refractivity contribution in [1.29, 1.82) is 0 Å². The summed E-state index contributed by atoms with van der Waals surface area (Å²) in [7, 11) is 0. The van der Waals surface area contributed by atoms with Gasteiger partial charge in [0.25, 0.3) is 0 Å². The van der Waals surface area contributed by atoms with Crippen LogP contribution in [-0.4, -0.2) is 0 Å². The van der Waals surface area contributed by atoms with Crippen LogP contribution in [0.15, 0.2) is 6.07 Å². The third-order valence-electron chi connectivity index (χ3n) is 1.54. The van der Waals surface area contributed by atoms with E-state index in [-0.39, 0.29) is 0 Å². The second-order valence-electron chi connectivity index (χ2n) is 2.55. The van der Waals surface area contributed by atoms with Gasteiger partial charge in [-0.15, -0.1) is 11.3 Å². The summed E-state index contributed by atoms with van der Waals surface area (Å²) >= 11 is 7.40. The highest BCUT2D eigenvalue weighted by molar-refractivity contribution is 7.16. The number of hydrogen-bond acceptors (Lipinski definition) is 2. The average molecular weight is 190 g/mol. The van der Waals surface area contributed by atoms with E-state index in [1.165, 1.54) is 17.7 Å². The number of unbranched alkanes of at least 4 members (excludes halogenated alkanes) is 1. The normalized spacial score (nSPS) is 10.4. The molecular formula is C8H12ClNS. The van der Waals surface area contributed by atoms with Gasteiger partial charge in [0.05, 0.1) is 5.69 Å². The molecule has 1 nitrogen and oxygen atoms in total. The van der Waals surface area contributed by atoms with Crippen molar-refractivity contribution in [3.8, 4) is 0 Å². The van der Waals surface area contributed by atoms with E-state index in [0.717, 1.165) is 16.4 Å². The van der Waals surface area contributed by atoms with Crippen LogP contribution in [0.3, 0.4) is 0 Å². The zero-order valence-electron chi connectivity index (χ0n) is 6.56. The lowest BCUT2D eigenvalue weighted by atomic mass is 10.2. The van der Waals surface area contributed by atoms with Crippen LogP contribution in [0.25, 0.3) is 0 Å². The van der Waals surface area contributed by atoms with Crippen LogP contribution in [0.4, 0.5) is 5.69 Å². The third kappa shape index (κ3) is 2.38. The predicted molar refractivity (Wildman–Crippen MR) is 52.4 cm³/mol. The van der Waals surface area contributed by atoms with Crippen LogP contribution in [0.5, 0.6) is 0 Å². The lowest BCUT2D eigenvalue weighted by molar-refractivity contribution is 0.804. The van der Waals surface area contributed by atoms with Gasteiger partial charge in [-0.3, -0.25) is 0 Å². The molecule has 1 aromatic heterocycles. The van der Waals surface area contributed by atoms with E-state index in [9.17, 15) is 0 Å². The Morgan fingerprint density at radius 3 is 2.82 bits per heavy atom. The van der Waals surface area contributed by atoms with Crippen LogP contribution < -0.4 is 5.73 Å². The summed E-state index contributed by atoms with van der Waals surface area (Å²) < 4.78 is 0.733. The molecule has 0 atom stereocenters. The summed E-state index contributed by atoms with van der Waals surface area (Å²) in [5.41, 5.74) is 6.32. The zero-order chi connectivity index (χ0) is 8.27. The van der Waals surface area contributed by atoms with Gasteiger partial charge in [0, 0.05) is 4.88 Å². The smallest absolute Gasteiger partial charge is 0.116 e. The minimum Gasteiger partial charge on any atom is -0.397 e. The molecule has 1 aromatic rings. The molecule has 11 heavy (non-hydrogen) atoms. The molecule has 3 heteroatoms. The number of anilines is 1. The fraction of sp³-hybridized carbons (Fsp3) is 0.500. The Hall–Kier alpha value is -0.210. The van der Waals surface area contributed by atoms with Crippen molar-refractivity contribution in [3.05, 3.63) is 15.3 Å². The Morgan fingerprint density at radius 1 is 1.64 bits per heavy atom. The fourth-order valence-corrected chi connectivity index (χ4v) is 2.10. The fourth-order valence-electron chi connectivity index (χ4n) is 0.908. The highest BCUT2D eigenvalue weighted by atomic mass is 35.5. The van der Waals surface area contributed by atoms with Crippen molar-refractivity contribution in [2.45, 2.75) is 26.2 Å². The van der Waals surface area contributed by atoms with Gasteiger partial charge in [-0.05, 0) is 18.9 Å². The first kappa shape index (κ1) is 8.88. The number of aryl methyl sites for hydroxylation is 1. The highest BCUT2D eigenvalue weighted by Crippen LogP contribution is 2.30. The Bertz CT molecular complexity index is 212. The average Bonchev–Trinajstić information content (AvgIpc) is 2.28. The standard InChI is InChI=1S/C8H12ClNS/c1-2-3-4-6-5-7(10)8(9)11-6/h5H,2-4,10H2,1H3. The summed E-state index contributed by atoms with van der Waals surface area (Å²) in [5, 5.41) is 0. The first-order valence-corrected chi connectivity index (χ1v) is 4.97. The Kier molecular flexibility index (Phi) is 3.21. The van der Waals surface area contributed by atoms with Crippen molar-refractivity contribution in [2.24, 2.45) is 0 Å². The minimum atomic E-state index is 0.725. The van der Waals surface area contributed by atoms with Gasteiger partial charge < -0.3 is 5.73 Å². The quantitative estimate of drug-likeness (QED) is 0.776. The molecule has 62 valence electrons. The molecule has 0 saturated carbocycles. The lowest BCUT2D eigenvalue weighted by Crippen LogP contribution is -1.80. The highest BCUT2D eigenvalue weighted by Gasteiger charge is 2.02. The molecule has 0 bridgehead atoms. The number of halogens is 1. The maximum absolute atomic E-state index is 5.80. The molecule has 0 spiro atoms. The summed E-state index contributed by atoms with van der Waals surface area (Å²) in [6, 6.07) is 1.97. The van der Waals surface area contributed by atoms with Gasteiger partial charge in [0.1, 0.15) is 4.34 Å². The van der Waals surface area contributed by atoms with Crippen molar-refractivity contribution in [1.82, 2.24) is 0 Å². The third-order valence-corrected chi connectivity index (χ3v) is 2.99. The molecule has 0 aromatic carbocycles. The predicted octanol–water partition coefficient (Wildman–Crippen LogP) is 3.33. The second kappa shape index (κ2) is 3.98. The largest absolute Gasteiger partial charge is 0.397 e. The van der Waals surface area contributed by atoms with Gasteiger partial charge in [0.2, 0.25) is 0 Å². The number of hydrogen-bond donors (Lipinski definition) is 1. The SMILES string of the molecule is CCCCc1cc(N)c(Cl)s1. The molecule has 2 N–H and O–H groups in total. The Morgan fingerprint density at radius 2 is 2.36 bits per heavy atom. The summed E-state index contributed by atoms with van der Waals surface area (Å²) in [6.07, 6.45) is 3.55. The molecule has 0 fully saturated rings. The van der Waals surface area contributed by atoms with Crippen LogP contribution >= 0.6 is 22.9 Å².